The molecule has 0 spiro atoms. The van der Waals surface area contributed by atoms with Gasteiger partial charge in [-0.1, -0.05) is 331 Å². The van der Waals surface area contributed by atoms with E-state index in [1.807, 2.05) is 0 Å². The Morgan fingerprint density at radius 2 is 0.489 bits per heavy atom. The van der Waals surface area contributed by atoms with Crippen LogP contribution in [0.2, 0.25) is 0 Å². The molecule has 0 amide bonds. The Labute approximate surface area is 575 Å². The van der Waals surface area contributed by atoms with Gasteiger partial charge in [-0.3, -0.25) is 37.3 Å². The van der Waals surface area contributed by atoms with Crippen LogP contribution in [0.25, 0.3) is 0 Å². The third-order valence-electron chi connectivity index (χ3n) is 17.4. The second-order valence-corrected chi connectivity index (χ2v) is 31.4. The first kappa shape index (κ1) is 92.1. The van der Waals surface area contributed by atoms with Crippen LogP contribution in [-0.4, -0.2) is 96.7 Å². The molecule has 0 aliphatic rings. The molecule has 0 bridgehead atoms. The SMILES string of the molecule is CCCCCCCCCCCCCCCCCCC(=O)OC[C@H](COP(=O)(O)OC[C@@H](O)COP(=O)(O)OC[C@@H](COC(=O)CCCCCCCCC(C)C)OC(=O)CCCCCCCCCCCC(C)C)OC(=O)CCCCCCCCCCCCCCCCC(C)C. The molecule has 2 unspecified atom stereocenters. The van der Waals surface area contributed by atoms with E-state index in [-0.39, 0.29) is 25.7 Å². The number of rotatable bonds is 73. The van der Waals surface area contributed by atoms with Gasteiger partial charge < -0.3 is 33.8 Å². The molecule has 0 aromatic rings. The molecule has 558 valence electrons. The number of phosphoric ester groups is 2. The number of esters is 4. The molecule has 0 heterocycles. The summed E-state index contributed by atoms with van der Waals surface area (Å²) >= 11 is 0. The molecule has 0 saturated carbocycles. The summed E-state index contributed by atoms with van der Waals surface area (Å²) in [6.45, 7) is 11.8. The highest BCUT2D eigenvalue weighted by Gasteiger charge is 2.30. The summed E-state index contributed by atoms with van der Waals surface area (Å²) in [5.41, 5.74) is 0. The lowest BCUT2D eigenvalue weighted by molar-refractivity contribution is -0.161. The molecule has 0 aromatic heterocycles. The number of carbonyl (C=O) groups is 4. The number of ether oxygens (including phenoxy) is 4. The van der Waals surface area contributed by atoms with Crippen molar-refractivity contribution in [2.75, 3.05) is 39.6 Å². The lowest BCUT2D eigenvalue weighted by Crippen LogP contribution is -2.30. The van der Waals surface area contributed by atoms with Gasteiger partial charge in [0.05, 0.1) is 26.4 Å². The lowest BCUT2D eigenvalue weighted by Gasteiger charge is -2.21. The second kappa shape index (κ2) is 65.7. The van der Waals surface area contributed by atoms with Gasteiger partial charge in [-0.2, -0.15) is 0 Å². The van der Waals surface area contributed by atoms with Gasteiger partial charge in [0.2, 0.25) is 0 Å². The number of hydrogen-bond donors (Lipinski definition) is 3. The van der Waals surface area contributed by atoms with Crippen molar-refractivity contribution in [3.05, 3.63) is 0 Å². The zero-order chi connectivity index (χ0) is 69.4. The molecular formula is C75H146O17P2. The van der Waals surface area contributed by atoms with Crippen molar-refractivity contribution in [1.29, 1.82) is 0 Å². The Hall–Kier alpha value is -1.94. The number of carbonyl (C=O) groups excluding carboxylic acids is 4. The minimum atomic E-state index is -4.96. The highest BCUT2D eigenvalue weighted by molar-refractivity contribution is 7.47. The van der Waals surface area contributed by atoms with Crippen LogP contribution in [0.5, 0.6) is 0 Å². The first-order valence-electron chi connectivity index (χ1n) is 38.8. The number of phosphoric acid groups is 2. The fraction of sp³-hybridized carbons (Fsp3) is 0.947. The first-order chi connectivity index (χ1) is 45.2. The summed E-state index contributed by atoms with van der Waals surface area (Å²) in [5, 5.41) is 10.6. The van der Waals surface area contributed by atoms with Crippen LogP contribution in [0, 0.1) is 17.8 Å². The molecule has 0 aliphatic carbocycles. The maximum Gasteiger partial charge on any atom is 0.472 e. The van der Waals surface area contributed by atoms with Gasteiger partial charge >= 0.3 is 39.5 Å². The van der Waals surface area contributed by atoms with Gasteiger partial charge in [0.25, 0.3) is 0 Å². The van der Waals surface area contributed by atoms with E-state index in [1.54, 1.807) is 0 Å². The van der Waals surface area contributed by atoms with E-state index in [9.17, 15) is 43.2 Å². The molecule has 0 aromatic carbocycles. The third kappa shape index (κ3) is 68.6. The molecule has 17 nitrogen and oxygen atoms in total. The van der Waals surface area contributed by atoms with Crippen LogP contribution >= 0.6 is 15.6 Å². The quantitative estimate of drug-likeness (QED) is 0.0222. The second-order valence-electron chi connectivity index (χ2n) is 28.5. The molecule has 5 atom stereocenters. The van der Waals surface area contributed by atoms with Crippen LogP contribution in [-0.2, 0) is 65.4 Å². The third-order valence-corrected chi connectivity index (χ3v) is 19.3. The van der Waals surface area contributed by atoms with E-state index in [2.05, 4.69) is 48.5 Å². The fourth-order valence-electron chi connectivity index (χ4n) is 11.4. The van der Waals surface area contributed by atoms with Crippen molar-refractivity contribution in [1.82, 2.24) is 0 Å². The van der Waals surface area contributed by atoms with Crippen LogP contribution in [0.3, 0.4) is 0 Å². The van der Waals surface area contributed by atoms with E-state index >= 15 is 0 Å². The minimum absolute atomic E-state index is 0.104. The Balaban J connectivity index is 5.23. The van der Waals surface area contributed by atoms with Crippen LogP contribution < -0.4 is 0 Å². The maximum atomic E-state index is 13.1. The topological polar surface area (TPSA) is 237 Å². The number of hydrogen-bond acceptors (Lipinski definition) is 15. The van der Waals surface area contributed by atoms with Crippen molar-refractivity contribution in [2.45, 2.75) is 401 Å². The van der Waals surface area contributed by atoms with Crippen molar-refractivity contribution >= 4 is 39.5 Å². The smallest absolute Gasteiger partial charge is 0.462 e. The molecule has 3 N–H and O–H groups in total. The molecule has 0 radical (unpaired) electrons. The van der Waals surface area contributed by atoms with Gasteiger partial charge in [0, 0.05) is 25.7 Å². The van der Waals surface area contributed by atoms with Crippen molar-refractivity contribution in [2.24, 2.45) is 17.8 Å². The summed E-state index contributed by atoms with van der Waals surface area (Å²) in [5.74, 6) is 0.0898. The van der Waals surface area contributed by atoms with Gasteiger partial charge in [0.1, 0.15) is 19.3 Å². The Bertz CT molecular complexity index is 1840. The summed E-state index contributed by atoms with van der Waals surface area (Å²) in [6.07, 6.45) is 51.5. The summed E-state index contributed by atoms with van der Waals surface area (Å²) < 4.78 is 68.5. The van der Waals surface area contributed by atoms with Gasteiger partial charge in [0.15, 0.2) is 12.2 Å². The van der Waals surface area contributed by atoms with E-state index in [1.165, 1.54) is 186 Å². The number of aliphatic hydroxyl groups excluding tert-OH is 1. The van der Waals surface area contributed by atoms with Gasteiger partial charge in [-0.15, -0.1) is 0 Å². The van der Waals surface area contributed by atoms with E-state index < -0.39 is 97.5 Å². The summed E-state index contributed by atoms with van der Waals surface area (Å²) in [7, 11) is -9.91. The number of unbranched alkanes of at least 4 members (excludes halogenated alkanes) is 41. The molecule has 0 fully saturated rings. The van der Waals surface area contributed by atoms with Crippen molar-refractivity contribution in [3.63, 3.8) is 0 Å². The zero-order valence-electron chi connectivity index (χ0n) is 61.4. The monoisotopic (exact) mass is 1380 g/mol. The zero-order valence-corrected chi connectivity index (χ0v) is 63.2. The van der Waals surface area contributed by atoms with E-state index in [0.717, 1.165) is 108 Å². The van der Waals surface area contributed by atoms with Crippen LogP contribution in [0.4, 0.5) is 0 Å². The molecule has 0 rings (SSSR count). The number of aliphatic hydroxyl groups is 1. The van der Waals surface area contributed by atoms with Gasteiger partial charge in [-0.25, -0.2) is 9.13 Å². The van der Waals surface area contributed by atoms with Gasteiger partial charge in [-0.05, 0) is 43.4 Å². The van der Waals surface area contributed by atoms with E-state index in [0.29, 0.717) is 31.6 Å². The Morgan fingerprint density at radius 3 is 0.723 bits per heavy atom. The normalized spacial score (nSPS) is 14.1. The van der Waals surface area contributed by atoms with Crippen molar-refractivity contribution in [3.8, 4) is 0 Å². The maximum absolute atomic E-state index is 13.1. The highest BCUT2D eigenvalue weighted by atomic mass is 31.2. The average molecular weight is 1380 g/mol. The molecule has 19 heteroatoms. The molecule has 94 heavy (non-hydrogen) atoms. The van der Waals surface area contributed by atoms with Crippen LogP contribution in [0.15, 0.2) is 0 Å². The average Bonchev–Trinajstić information content (AvgIpc) is 1.62. The minimum Gasteiger partial charge on any atom is -0.462 e. The Kier molecular flexibility index (Phi) is 64.3. The standard InChI is InChI=1S/C75H146O17P2/c1-8-9-10-11-12-13-14-15-16-17-21-24-29-34-42-49-56-72(77)85-62-70(91-74(79)58-51-44-35-30-25-22-19-18-20-23-27-32-39-46-53-66(2)3)64-89-93(81,82)87-60-69(76)61-88-94(83,84)90-65-71(63-86-73(78)57-50-43-38-37-41-48-55-68(6)7)92-75(80)59-52-45-36-31-26-28-33-40-47-54-67(4)5/h66-71,76H,8-65H2,1-7H3,(H,81,82)(H,83,84)/t69-,70-,71-/m1/s1. The largest absolute Gasteiger partial charge is 0.472 e. The van der Waals surface area contributed by atoms with Crippen LogP contribution in [0.1, 0.15) is 382 Å². The van der Waals surface area contributed by atoms with Crippen molar-refractivity contribution < 1.29 is 80.2 Å². The molecule has 0 saturated heterocycles. The summed E-state index contributed by atoms with van der Waals surface area (Å²) in [6, 6.07) is 0. The highest BCUT2D eigenvalue weighted by Crippen LogP contribution is 2.45. The predicted octanol–water partition coefficient (Wildman–Crippen LogP) is 21.8. The Morgan fingerprint density at radius 1 is 0.287 bits per heavy atom. The predicted molar refractivity (Wildman–Crippen MR) is 381 cm³/mol. The lowest BCUT2D eigenvalue weighted by atomic mass is 10.0. The van der Waals surface area contributed by atoms with E-state index in [4.69, 9.17) is 37.0 Å². The summed E-state index contributed by atoms with van der Waals surface area (Å²) in [4.78, 5) is 72.7. The first-order valence-corrected chi connectivity index (χ1v) is 41.8. The fourth-order valence-corrected chi connectivity index (χ4v) is 13.0. The molecular weight excluding hydrogens is 1230 g/mol. The molecule has 0 aliphatic heterocycles.